The zero-order chi connectivity index (χ0) is 14.8. The maximum atomic E-state index is 12.1. The Morgan fingerprint density at radius 3 is 2.42 bits per heavy atom. The van der Waals surface area contributed by atoms with Gasteiger partial charge in [0, 0.05) is 6.42 Å². The summed E-state index contributed by atoms with van der Waals surface area (Å²) in [5, 5.41) is 0. The number of rotatable bonds is 2. The first-order valence-corrected chi connectivity index (χ1v) is 6.67. The maximum Gasteiger partial charge on any atom is 0.417 e. The molecule has 5 nitrogen and oxygen atoms in total. The third-order valence-corrected chi connectivity index (χ3v) is 2.78. The number of carbonyl (C=O) groups is 3. The van der Waals surface area contributed by atoms with E-state index in [0.717, 1.165) is 4.90 Å². The van der Waals surface area contributed by atoms with Crippen LogP contribution in [0.25, 0.3) is 0 Å². The van der Waals surface area contributed by atoms with Crippen LogP contribution in [0, 0.1) is 5.92 Å². The first kappa shape index (κ1) is 15.7. The summed E-state index contributed by atoms with van der Waals surface area (Å²) >= 11 is 0. The Kier molecular flexibility index (Phi) is 4.71. The highest BCUT2D eigenvalue weighted by Crippen LogP contribution is 2.24. The van der Waals surface area contributed by atoms with Gasteiger partial charge in [0.25, 0.3) is 0 Å². The van der Waals surface area contributed by atoms with Crippen LogP contribution in [0.4, 0.5) is 4.79 Å². The molecule has 1 aliphatic heterocycles. The number of carbonyl (C=O) groups excluding carboxylic acids is 3. The van der Waals surface area contributed by atoms with Crippen LogP contribution in [0.5, 0.6) is 0 Å². The number of piperidine rings is 1. The second-order valence-corrected chi connectivity index (χ2v) is 6.45. The molecule has 0 spiro atoms. The average molecular weight is 269 g/mol. The third kappa shape index (κ3) is 4.65. The van der Waals surface area contributed by atoms with Crippen molar-refractivity contribution >= 4 is 17.8 Å². The molecule has 0 aromatic carbocycles. The second-order valence-electron chi connectivity index (χ2n) is 6.45. The number of amides is 2. The van der Waals surface area contributed by atoms with Gasteiger partial charge in [0.05, 0.1) is 12.5 Å². The fraction of sp³-hybridized carbons (Fsp3) is 0.786. The van der Waals surface area contributed by atoms with Gasteiger partial charge < -0.3 is 4.74 Å². The first-order chi connectivity index (χ1) is 8.60. The zero-order valence-corrected chi connectivity index (χ0v) is 12.4. The molecule has 1 atom stereocenters. The van der Waals surface area contributed by atoms with Crippen molar-refractivity contribution in [3.63, 3.8) is 0 Å². The molecular weight excluding hydrogens is 246 g/mol. The molecule has 2 amide bonds. The molecular formula is C14H23NO4. The predicted octanol–water partition coefficient (Wildman–Crippen LogP) is 2.53. The number of Topliss-reactive ketones (excluding diaryl/α,β-unsaturated/α-hetero) is 1. The zero-order valence-electron chi connectivity index (χ0n) is 12.4. The van der Waals surface area contributed by atoms with Gasteiger partial charge in [-0.25, -0.2) is 9.69 Å². The summed E-state index contributed by atoms with van der Waals surface area (Å²) in [5.41, 5.74) is -0.652. The van der Waals surface area contributed by atoms with E-state index in [4.69, 9.17) is 4.74 Å². The van der Waals surface area contributed by atoms with Gasteiger partial charge in [-0.3, -0.25) is 9.59 Å². The average Bonchev–Trinajstić information content (AvgIpc) is 2.10. The first-order valence-electron chi connectivity index (χ1n) is 6.67. The molecule has 1 aliphatic rings. The van der Waals surface area contributed by atoms with Crippen molar-refractivity contribution in [1.29, 1.82) is 0 Å². The van der Waals surface area contributed by atoms with Crippen LogP contribution in [0.2, 0.25) is 0 Å². The molecule has 5 heteroatoms. The Balaban J connectivity index is 2.88. The van der Waals surface area contributed by atoms with Crippen molar-refractivity contribution in [3.05, 3.63) is 0 Å². The van der Waals surface area contributed by atoms with Gasteiger partial charge in [0.2, 0.25) is 5.91 Å². The number of hydrogen-bond acceptors (Lipinski definition) is 4. The van der Waals surface area contributed by atoms with Gasteiger partial charge in [0.1, 0.15) is 11.4 Å². The van der Waals surface area contributed by atoms with E-state index in [9.17, 15) is 14.4 Å². The van der Waals surface area contributed by atoms with Gasteiger partial charge in [-0.1, -0.05) is 13.8 Å². The van der Waals surface area contributed by atoms with Crippen LogP contribution in [-0.4, -0.2) is 34.3 Å². The monoisotopic (exact) mass is 269 g/mol. The lowest BCUT2D eigenvalue weighted by Gasteiger charge is -2.35. The highest BCUT2D eigenvalue weighted by molar-refractivity contribution is 6.06. The molecule has 1 fully saturated rings. The summed E-state index contributed by atoms with van der Waals surface area (Å²) in [5.74, 6) is -0.250. The van der Waals surface area contributed by atoms with Gasteiger partial charge in [-0.15, -0.1) is 0 Å². The second kappa shape index (κ2) is 5.72. The van der Waals surface area contributed by atoms with Crippen LogP contribution in [0.1, 0.15) is 53.9 Å². The highest BCUT2D eigenvalue weighted by atomic mass is 16.6. The molecule has 0 bridgehead atoms. The van der Waals surface area contributed by atoms with E-state index < -0.39 is 17.6 Å². The maximum absolute atomic E-state index is 12.1. The van der Waals surface area contributed by atoms with Crippen molar-refractivity contribution in [2.24, 2.45) is 5.92 Å². The standard InChI is InChI=1S/C14H23NO4/c1-9(2)6-10-7-11(16)8-12(17)15(10)13(18)19-14(3,4)5/h9-10H,6-8H2,1-5H3/t10-/m0/s1. The number of likely N-dealkylation sites (tertiary alicyclic amines) is 1. The Morgan fingerprint density at radius 1 is 1.37 bits per heavy atom. The molecule has 0 unspecified atom stereocenters. The minimum absolute atomic E-state index is 0.101. The fourth-order valence-corrected chi connectivity index (χ4v) is 2.18. The van der Waals surface area contributed by atoms with Crippen LogP contribution < -0.4 is 0 Å². The van der Waals surface area contributed by atoms with Crippen LogP contribution >= 0.6 is 0 Å². The highest BCUT2D eigenvalue weighted by Gasteiger charge is 2.39. The Labute approximate surface area is 114 Å². The lowest BCUT2D eigenvalue weighted by Crippen LogP contribution is -2.52. The molecule has 0 aromatic rings. The summed E-state index contributed by atoms with van der Waals surface area (Å²) in [6, 6.07) is -0.372. The normalized spacial score (nSPS) is 20.9. The van der Waals surface area contributed by atoms with Crippen LogP contribution in [0.3, 0.4) is 0 Å². The van der Waals surface area contributed by atoms with E-state index in [-0.39, 0.29) is 24.7 Å². The van der Waals surface area contributed by atoms with Crippen molar-refractivity contribution in [1.82, 2.24) is 4.90 Å². The Hall–Kier alpha value is -1.39. The molecule has 1 heterocycles. The number of nitrogens with zero attached hydrogens (tertiary/aromatic N) is 1. The van der Waals surface area contributed by atoms with Gasteiger partial charge in [-0.2, -0.15) is 0 Å². The summed E-state index contributed by atoms with van der Waals surface area (Å²) in [6.45, 7) is 9.25. The summed E-state index contributed by atoms with van der Waals surface area (Å²) < 4.78 is 5.25. The van der Waals surface area contributed by atoms with Gasteiger partial charge in [-0.05, 0) is 33.1 Å². The molecule has 0 radical (unpaired) electrons. The smallest absolute Gasteiger partial charge is 0.417 e. The summed E-state index contributed by atoms with van der Waals surface area (Å²) in [4.78, 5) is 36.7. The lowest BCUT2D eigenvalue weighted by molar-refractivity contribution is -0.141. The largest absolute Gasteiger partial charge is 0.443 e. The summed E-state index contributed by atoms with van der Waals surface area (Å²) in [7, 11) is 0. The summed E-state index contributed by atoms with van der Waals surface area (Å²) in [6.07, 6.45) is 0.0175. The van der Waals surface area contributed by atoms with E-state index in [2.05, 4.69) is 0 Å². The molecule has 108 valence electrons. The molecule has 0 N–H and O–H groups in total. The quantitative estimate of drug-likeness (QED) is 0.723. The molecule has 0 aliphatic carbocycles. The van der Waals surface area contributed by atoms with E-state index in [1.54, 1.807) is 20.8 Å². The van der Waals surface area contributed by atoms with E-state index >= 15 is 0 Å². The molecule has 1 rings (SSSR count). The Morgan fingerprint density at radius 2 is 1.95 bits per heavy atom. The van der Waals surface area contributed by atoms with Crippen molar-refractivity contribution in [2.45, 2.75) is 65.5 Å². The predicted molar refractivity (Wildman–Crippen MR) is 70.6 cm³/mol. The van der Waals surface area contributed by atoms with Crippen LogP contribution in [0.15, 0.2) is 0 Å². The third-order valence-electron chi connectivity index (χ3n) is 2.78. The number of ketones is 1. The lowest BCUT2D eigenvalue weighted by atomic mass is 9.93. The van der Waals surface area contributed by atoms with Gasteiger partial charge in [0.15, 0.2) is 0 Å². The van der Waals surface area contributed by atoms with E-state index in [1.165, 1.54) is 0 Å². The number of hydrogen-bond donors (Lipinski definition) is 0. The number of imide groups is 1. The topological polar surface area (TPSA) is 63.7 Å². The fourth-order valence-electron chi connectivity index (χ4n) is 2.18. The van der Waals surface area contributed by atoms with Crippen molar-refractivity contribution in [3.8, 4) is 0 Å². The molecule has 0 saturated carbocycles. The molecule has 0 aromatic heterocycles. The molecule has 19 heavy (non-hydrogen) atoms. The van der Waals surface area contributed by atoms with Crippen molar-refractivity contribution in [2.75, 3.05) is 0 Å². The van der Waals surface area contributed by atoms with Crippen molar-refractivity contribution < 1.29 is 19.1 Å². The molecule has 1 saturated heterocycles. The minimum atomic E-state index is -0.652. The van der Waals surface area contributed by atoms with Crippen LogP contribution in [-0.2, 0) is 14.3 Å². The minimum Gasteiger partial charge on any atom is -0.443 e. The van der Waals surface area contributed by atoms with E-state index in [0.29, 0.717) is 12.3 Å². The van der Waals surface area contributed by atoms with E-state index in [1.807, 2.05) is 13.8 Å². The Bertz CT molecular complexity index is 381. The number of ether oxygens (including phenoxy) is 1. The van der Waals surface area contributed by atoms with Gasteiger partial charge >= 0.3 is 6.09 Å². The SMILES string of the molecule is CC(C)C[C@H]1CC(=O)CC(=O)N1C(=O)OC(C)(C)C.